The normalized spacial score (nSPS) is 9.93. The molecule has 0 aliphatic carbocycles. The first kappa shape index (κ1) is 10.7. The van der Waals surface area contributed by atoms with Gasteiger partial charge in [0.2, 0.25) is 11.8 Å². The smallest absolute Gasteiger partial charge is 0.225 e. The zero-order chi connectivity index (χ0) is 10.4. The van der Waals surface area contributed by atoms with E-state index in [0.717, 1.165) is 5.56 Å². The Balaban J connectivity index is 2.64. The number of rotatable bonds is 5. The van der Waals surface area contributed by atoms with E-state index in [9.17, 15) is 0 Å². The molecule has 5 heteroatoms. The van der Waals surface area contributed by atoms with Crippen molar-refractivity contribution in [1.29, 1.82) is 0 Å². The van der Waals surface area contributed by atoms with Crippen molar-refractivity contribution in [2.45, 2.75) is 6.92 Å². The molecule has 0 aromatic carbocycles. The van der Waals surface area contributed by atoms with Crippen LogP contribution in [0.5, 0.6) is 5.88 Å². The van der Waals surface area contributed by atoms with Gasteiger partial charge in [0.05, 0.1) is 6.61 Å². The van der Waals surface area contributed by atoms with Gasteiger partial charge in [0.25, 0.3) is 0 Å². The lowest BCUT2D eigenvalue weighted by atomic mass is 10.4. The predicted molar refractivity (Wildman–Crippen MR) is 53.7 cm³/mol. The second-order valence-corrected chi connectivity index (χ2v) is 2.77. The maximum atomic E-state index is 5.40. The Hall–Kier alpha value is -1.36. The van der Waals surface area contributed by atoms with Gasteiger partial charge in [-0.2, -0.15) is 4.98 Å². The second-order valence-electron chi connectivity index (χ2n) is 2.77. The average molecular weight is 197 g/mol. The maximum absolute atomic E-state index is 5.40. The Morgan fingerprint density at radius 2 is 2.21 bits per heavy atom. The van der Waals surface area contributed by atoms with E-state index in [4.69, 9.17) is 9.47 Å². The van der Waals surface area contributed by atoms with E-state index in [-0.39, 0.29) is 0 Å². The fraction of sp³-hybridized carbons (Fsp3) is 0.556. The number of hydrogen-bond acceptors (Lipinski definition) is 5. The molecule has 1 aromatic heterocycles. The molecule has 0 spiro atoms. The molecular weight excluding hydrogens is 182 g/mol. The molecule has 78 valence electrons. The summed E-state index contributed by atoms with van der Waals surface area (Å²) in [7, 11) is 3.40. The zero-order valence-corrected chi connectivity index (χ0v) is 8.70. The Morgan fingerprint density at radius 3 is 2.86 bits per heavy atom. The van der Waals surface area contributed by atoms with Crippen LogP contribution in [0.1, 0.15) is 5.56 Å². The molecule has 0 unspecified atom stereocenters. The third kappa shape index (κ3) is 2.85. The molecular formula is C9H15N3O2. The van der Waals surface area contributed by atoms with Crippen LogP contribution in [-0.4, -0.2) is 37.3 Å². The van der Waals surface area contributed by atoms with Gasteiger partial charge in [-0.25, -0.2) is 4.98 Å². The van der Waals surface area contributed by atoms with E-state index in [1.807, 2.05) is 6.92 Å². The molecule has 0 fully saturated rings. The van der Waals surface area contributed by atoms with E-state index in [1.165, 1.54) is 0 Å². The Morgan fingerprint density at radius 1 is 1.43 bits per heavy atom. The average Bonchev–Trinajstić information content (AvgIpc) is 2.21. The van der Waals surface area contributed by atoms with Crippen molar-refractivity contribution in [2.24, 2.45) is 0 Å². The van der Waals surface area contributed by atoms with Gasteiger partial charge in [-0.05, 0) is 6.92 Å². The molecule has 0 saturated carbocycles. The van der Waals surface area contributed by atoms with Crippen molar-refractivity contribution >= 4 is 5.95 Å². The molecule has 0 saturated heterocycles. The minimum atomic E-state index is 0.498. The van der Waals surface area contributed by atoms with Crippen LogP contribution in [0.3, 0.4) is 0 Å². The van der Waals surface area contributed by atoms with Gasteiger partial charge in [-0.1, -0.05) is 0 Å². The zero-order valence-electron chi connectivity index (χ0n) is 8.70. The number of anilines is 1. The predicted octanol–water partition coefficient (Wildman–Crippen LogP) is 0.852. The number of hydrogen-bond donors (Lipinski definition) is 1. The topological polar surface area (TPSA) is 56.3 Å². The third-order valence-electron chi connectivity index (χ3n) is 1.68. The molecule has 0 aliphatic rings. The number of nitrogens with zero attached hydrogens (tertiary/aromatic N) is 2. The van der Waals surface area contributed by atoms with Gasteiger partial charge in [-0.3, -0.25) is 0 Å². The highest BCUT2D eigenvalue weighted by atomic mass is 16.5. The van der Waals surface area contributed by atoms with Crippen molar-refractivity contribution < 1.29 is 9.47 Å². The van der Waals surface area contributed by atoms with Crippen molar-refractivity contribution in [1.82, 2.24) is 9.97 Å². The first-order valence-electron chi connectivity index (χ1n) is 4.41. The van der Waals surface area contributed by atoms with Crippen LogP contribution < -0.4 is 10.1 Å². The van der Waals surface area contributed by atoms with Crippen LogP contribution in [0.15, 0.2) is 6.20 Å². The summed E-state index contributed by atoms with van der Waals surface area (Å²) in [6, 6.07) is 0. The largest absolute Gasteiger partial charge is 0.475 e. The summed E-state index contributed by atoms with van der Waals surface area (Å²) in [5.41, 5.74) is 0.917. The highest BCUT2D eigenvalue weighted by Gasteiger charge is 2.03. The molecule has 1 rings (SSSR count). The molecule has 5 nitrogen and oxygen atoms in total. The SMILES string of the molecule is CNc1ncc(C)c(OCCOC)n1. The number of nitrogens with one attached hydrogen (secondary N) is 1. The summed E-state index contributed by atoms with van der Waals surface area (Å²) >= 11 is 0. The number of methoxy groups -OCH3 is 1. The molecule has 0 amide bonds. The van der Waals surface area contributed by atoms with Crippen LogP contribution in [-0.2, 0) is 4.74 Å². The molecule has 0 aliphatic heterocycles. The number of ether oxygens (including phenoxy) is 2. The summed E-state index contributed by atoms with van der Waals surface area (Å²) in [6.45, 7) is 2.96. The van der Waals surface area contributed by atoms with Gasteiger partial charge in [0.15, 0.2) is 0 Å². The van der Waals surface area contributed by atoms with E-state index in [0.29, 0.717) is 25.0 Å². The molecule has 1 heterocycles. The Kier molecular flexibility index (Phi) is 4.12. The quantitative estimate of drug-likeness (QED) is 0.709. The summed E-state index contributed by atoms with van der Waals surface area (Å²) in [5.74, 6) is 1.16. The van der Waals surface area contributed by atoms with Crippen LogP contribution in [0.2, 0.25) is 0 Å². The summed E-state index contributed by atoms with van der Waals surface area (Å²) in [4.78, 5) is 8.21. The lowest BCUT2D eigenvalue weighted by Gasteiger charge is -2.08. The van der Waals surface area contributed by atoms with Gasteiger partial charge in [-0.15, -0.1) is 0 Å². The molecule has 1 aromatic rings. The van der Waals surface area contributed by atoms with Crippen molar-refractivity contribution in [3.63, 3.8) is 0 Å². The Labute approximate surface area is 83.5 Å². The third-order valence-corrected chi connectivity index (χ3v) is 1.68. The summed E-state index contributed by atoms with van der Waals surface area (Å²) in [5, 5.41) is 2.85. The monoisotopic (exact) mass is 197 g/mol. The molecule has 14 heavy (non-hydrogen) atoms. The first-order valence-corrected chi connectivity index (χ1v) is 4.41. The minimum Gasteiger partial charge on any atom is -0.475 e. The number of aromatic nitrogens is 2. The Bertz CT molecular complexity index is 291. The number of aryl methyl sites for hydroxylation is 1. The van der Waals surface area contributed by atoms with E-state index in [1.54, 1.807) is 20.4 Å². The van der Waals surface area contributed by atoms with Crippen molar-refractivity contribution in [3.05, 3.63) is 11.8 Å². The first-order chi connectivity index (χ1) is 6.77. The molecule has 0 atom stereocenters. The highest BCUT2D eigenvalue weighted by molar-refractivity contribution is 5.31. The van der Waals surface area contributed by atoms with E-state index >= 15 is 0 Å². The van der Waals surface area contributed by atoms with Crippen LogP contribution in [0.25, 0.3) is 0 Å². The lowest BCUT2D eigenvalue weighted by molar-refractivity contribution is 0.143. The fourth-order valence-corrected chi connectivity index (χ4v) is 0.915. The van der Waals surface area contributed by atoms with Gasteiger partial charge in [0, 0.05) is 25.9 Å². The van der Waals surface area contributed by atoms with Gasteiger partial charge < -0.3 is 14.8 Å². The maximum Gasteiger partial charge on any atom is 0.225 e. The van der Waals surface area contributed by atoms with E-state index in [2.05, 4.69) is 15.3 Å². The van der Waals surface area contributed by atoms with Gasteiger partial charge >= 0.3 is 0 Å². The highest BCUT2D eigenvalue weighted by Crippen LogP contribution is 2.14. The van der Waals surface area contributed by atoms with Crippen LogP contribution >= 0.6 is 0 Å². The van der Waals surface area contributed by atoms with E-state index < -0.39 is 0 Å². The second kappa shape index (κ2) is 5.39. The minimum absolute atomic E-state index is 0.498. The molecule has 1 N–H and O–H groups in total. The standard InChI is InChI=1S/C9H15N3O2/c1-7-6-11-9(10-2)12-8(7)14-5-4-13-3/h6H,4-5H2,1-3H3,(H,10,11,12). The van der Waals surface area contributed by atoms with Crippen molar-refractivity contribution in [2.75, 3.05) is 32.7 Å². The molecule has 0 bridgehead atoms. The van der Waals surface area contributed by atoms with Crippen LogP contribution in [0.4, 0.5) is 5.95 Å². The summed E-state index contributed by atoms with van der Waals surface area (Å²) < 4.78 is 10.3. The van der Waals surface area contributed by atoms with Crippen molar-refractivity contribution in [3.8, 4) is 5.88 Å². The fourth-order valence-electron chi connectivity index (χ4n) is 0.915. The van der Waals surface area contributed by atoms with Gasteiger partial charge in [0.1, 0.15) is 6.61 Å². The molecule has 0 radical (unpaired) electrons. The lowest BCUT2D eigenvalue weighted by Crippen LogP contribution is -2.08. The van der Waals surface area contributed by atoms with Crippen LogP contribution in [0, 0.1) is 6.92 Å². The summed E-state index contributed by atoms with van der Waals surface area (Å²) in [6.07, 6.45) is 1.72.